The van der Waals surface area contributed by atoms with Gasteiger partial charge in [0.05, 0.1) is 10.6 Å². The summed E-state index contributed by atoms with van der Waals surface area (Å²) in [5, 5.41) is 3.50. The molecule has 2 rings (SSSR count). The van der Waals surface area contributed by atoms with Crippen molar-refractivity contribution in [1.82, 2.24) is 5.32 Å². The van der Waals surface area contributed by atoms with Gasteiger partial charge in [-0.25, -0.2) is 8.42 Å². The Morgan fingerprint density at radius 3 is 2.89 bits per heavy atom. The summed E-state index contributed by atoms with van der Waals surface area (Å²) in [6, 6.07) is 7.72. The Morgan fingerprint density at radius 2 is 2.16 bits per heavy atom. The molecule has 0 fully saturated rings. The Morgan fingerprint density at radius 1 is 1.42 bits per heavy atom. The van der Waals surface area contributed by atoms with E-state index in [2.05, 4.69) is 12.2 Å². The fourth-order valence-corrected chi connectivity index (χ4v) is 4.11. The molecule has 4 nitrogen and oxygen atoms in total. The minimum Gasteiger partial charge on any atom is -0.385 e. The summed E-state index contributed by atoms with van der Waals surface area (Å²) in [7, 11) is -1.40. The second kappa shape index (κ2) is 6.03. The number of hydrogen-bond donors (Lipinski definition) is 1. The summed E-state index contributed by atoms with van der Waals surface area (Å²) in [4.78, 5) is 0.484. The molecule has 106 valence electrons. The minimum absolute atomic E-state index is 0.117. The third-order valence-electron chi connectivity index (χ3n) is 3.55. The van der Waals surface area contributed by atoms with Gasteiger partial charge in [0.15, 0.2) is 9.84 Å². The average Bonchev–Trinajstić information content (AvgIpc) is 2.40. The molecule has 0 saturated carbocycles. The van der Waals surface area contributed by atoms with Gasteiger partial charge in [0, 0.05) is 25.8 Å². The van der Waals surface area contributed by atoms with Crippen molar-refractivity contribution in [2.45, 2.75) is 36.7 Å². The average molecular weight is 283 g/mol. The molecule has 1 aromatic carbocycles. The van der Waals surface area contributed by atoms with E-state index in [9.17, 15) is 8.42 Å². The number of benzene rings is 1. The van der Waals surface area contributed by atoms with E-state index in [-0.39, 0.29) is 11.8 Å². The molecule has 5 heteroatoms. The molecule has 0 bridgehead atoms. The van der Waals surface area contributed by atoms with Crippen LogP contribution in [0.15, 0.2) is 29.2 Å². The Labute approximate surface area is 115 Å². The van der Waals surface area contributed by atoms with Crippen LogP contribution in [-0.4, -0.2) is 33.9 Å². The molecule has 0 amide bonds. The maximum Gasteiger partial charge on any atom is 0.178 e. The van der Waals surface area contributed by atoms with Gasteiger partial charge < -0.3 is 10.1 Å². The van der Waals surface area contributed by atoms with Crippen LogP contribution in [-0.2, 0) is 14.6 Å². The second-order valence-corrected chi connectivity index (χ2v) is 7.12. The van der Waals surface area contributed by atoms with Gasteiger partial charge in [0.2, 0.25) is 0 Å². The lowest BCUT2D eigenvalue weighted by Crippen LogP contribution is -2.35. The van der Waals surface area contributed by atoms with E-state index in [4.69, 9.17) is 4.74 Å². The molecule has 1 aliphatic rings. The van der Waals surface area contributed by atoms with Crippen molar-refractivity contribution in [2.75, 3.05) is 19.5 Å². The molecule has 1 aromatic rings. The summed E-state index contributed by atoms with van der Waals surface area (Å²) in [6.07, 6.45) is 1.55. The monoisotopic (exact) mass is 283 g/mol. The molecule has 0 aliphatic carbocycles. The standard InChI is InChI=1S/C14H21NO3S/c1-11(7-9-18-2)15-13-8-10-19(16,17)14-6-4-3-5-12(13)14/h3-6,11,13,15H,7-10H2,1-2H3. The van der Waals surface area contributed by atoms with Crippen molar-refractivity contribution in [2.24, 2.45) is 0 Å². The van der Waals surface area contributed by atoms with Crippen LogP contribution in [0, 0.1) is 0 Å². The summed E-state index contributed by atoms with van der Waals surface area (Å²) < 4.78 is 29.1. The molecule has 1 heterocycles. The first-order chi connectivity index (χ1) is 9.04. The quantitative estimate of drug-likeness (QED) is 0.897. The number of sulfone groups is 1. The van der Waals surface area contributed by atoms with E-state index in [1.165, 1.54) is 0 Å². The first-order valence-electron chi connectivity index (χ1n) is 6.61. The fourth-order valence-electron chi connectivity index (χ4n) is 2.48. The lowest BCUT2D eigenvalue weighted by molar-refractivity contribution is 0.182. The molecule has 0 aromatic heterocycles. The Hall–Kier alpha value is -0.910. The highest BCUT2D eigenvalue weighted by Gasteiger charge is 2.30. The van der Waals surface area contributed by atoms with E-state index >= 15 is 0 Å². The maximum atomic E-state index is 12.0. The largest absolute Gasteiger partial charge is 0.385 e. The molecule has 0 saturated heterocycles. The SMILES string of the molecule is COCCC(C)NC1CCS(=O)(=O)c2ccccc21. The highest BCUT2D eigenvalue weighted by molar-refractivity contribution is 7.91. The van der Waals surface area contributed by atoms with Gasteiger partial charge in [-0.1, -0.05) is 18.2 Å². The molecule has 19 heavy (non-hydrogen) atoms. The molecule has 0 spiro atoms. The smallest absolute Gasteiger partial charge is 0.178 e. The lowest BCUT2D eigenvalue weighted by Gasteiger charge is -2.29. The van der Waals surface area contributed by atoms with Crippen LogP contribution < -0.4 is 5.32 Å². The van der Waals surface area contributed by atoms with Crippen molar-refractivity contribution < 1.29 is 13.2 Å². The number of nitrogens with one attached hydrogen (secondary N) is 1. The van der Waals surface area contributed by atoms with Gasteiger partial charge in [-0.15, -0.1) is 0 Å². The van der Waals surface area contributed by atoms with Crippen molar-refractivity contribution in [3.8, 4) is 0 Å². The van der Waals surface area contributed by atoms with Gasteiger partial charge in [-0.05, 0) is 31.4 Å². The summed E-state index contributed by atoms with van der Waals surface area (Å²) in [5.41, 5.74) is 0.901. The molecule has 0 radical (unpaired) electrons. The van der Waals surface area contributed by atoms with Crippen LogP contribution in [0.2, 0.25) is 0 Å². The number of ether oxygens (including phenoxy) is 1. The van der Waals surface area contributed by atoms with E-state index in [1.54, 1.807) is 19.2 Å². The van der Waals surface area contributed by atoms with Crippen LogP contribution in [0.1, 0.15) is 31.4 Å². The van der Waals surface area contributed by atoms with Crippen LogP contribution in [0.4, 0.5) is 0 Å². The third kappa shape index (κ3) is 3.35. The first kappa shape index (κ1) is 14.5. The predicted molar refractivity (Wildman–Crippen MR) is 74.9 cm³/mol. The van der Waals surface area contributed by atoms with E-state index in [0.717, 1.165) is 12.0 Å². The summed E-state index contributed by atoms with van der Waals surface area (Å²) in [5.74, 6) is 0.221. The fraction of sp³-hybridized carbons (Fsp3) is 0.571. The van der Waals surface area contributed by atoms with Crippen LogP contribution in [0.5, 0.6) is 0 Å². The zero-order valence-corrected chi connectivity index (χ0v) is 12.2. The second-order valence-electron chi connectivity index (χ2n) is 5.05. The zero-order chi connectivity index (χ0) is 13.9. The topological polar surface area (TPSA) is 55.4 Å². The molecule has 1 N–H and O–H groups in total. The Bertz CT molecular complexity index is 527. The molecule has 1 aliphatic heterocycles. The third-order valence-corrected chi connectivity index (χ3v) is 5.36. The Kier molecular flexibility index (Phi) is 4.60. The van der Waals surface area contributed by atoms with Crippen molar-refractivity contribution >= 4 is 9.84 Å². The lowest BCUT2D eigenvalue weighted by atomic mass is 10.0. The normalized spacial score (nSPS) is 22.7. The maximum absolute atomic E-state index is 12.0. The van der Waals surface area contributed by atoms with Crippen LogP contribution in [0.25, 0.3) is 0 Å². The first-order valence-corrected chi connectivity index (χ1v) is 8.26. The molecular weight excluding hydrogens is 262 g/mol. The molecule has 2 atom stereocenters. The number of rotatable bonds is 5. The number of hydrogen-bond acceptors (Lipinski definition) is 4. The van der Waals surface area contributed by atoms with Crippen molar-refractivity contribution in [1.29, 1.82) is 0 Å². The van der Waals surface area contributed by atoms with Crippen LogP contribution in [0.3, 0.4) is 0 Å². The Balaban J connectivity index is 2.16. The zero-order valence-electron chi connectivity index (χ0n) is 11.4. The van der Waals surface area contributed by atoms with Gasteiger partial charge in [-0.2, -0.15) is 0 Å². The summed E-state index contributed by atoms with van der Waals surface area (Å²) >= 11 is 0. The molecular formula is C14H21NO3S. The highest BCUT2D eigenvalue weighted by atomic mass is 32.2. The molecule has 2 unspecified atom stereocenters. The summed E-state index contributed by atoms with van der Waals surface area (Å²) in [6.45, 7) is 2.81. The number of methoxy groups -OCH3 is 1. The minimum atomic E-state index is -3.09. The van der Waals surface area contributed by atoms with Gasteiger partial charge >= 0.3 is 0 Å². The number of fused-ring (bicyclic) bond motifs is 1. The van der Waals surface area contributed by atoms with E-state index in [1.807, 2.05) is 12.1 Å². The van der Waals surface area contributed by atoms with Crippen LogP contribution >= 0.6 is 0 Å². The van der Waals surface area contributed by atoms with Gasteiger partial charge in [0.25, 0.3) is 0 Å². The predicted octanol–water partition coefficient (Wildman–Crippen LogP) is 1.92. The van der Waals surface area contributed by atoms with Gasteiger partial charge in [-0.3, -0.25) is 0 Å². The highest BCUT2D eigenvalue weighted by Crippen LogP contribution is 2.32. The van der Waals surface area contributed by atoms with Crippen molar-refractivity contribution in [3.63, 3.8) is 0 Å². The van der Waals surface area contributed by atoms with Crippen molar-refractivity contribution in [3.05, 3.63) is 29.8 Å². The van der Waals surface area contributed by atoms with E-state index in [0.29, 0.717) is 24.0 Å². The van der Waals surface area contributed by atoms with E-state index < -0.39 is 9.84 Å². The van der Waals surface area contributed by atoms with Gasteiger partial charge in [0.1, 0.15) is 0 Å².